The van der Waals surface area contributed by atoms with E-state index in [1.54, 1.807) is 27.7 Å². The number of halogens is 4. The number of carbonyl (C=O) groups is 1. The molecule has 0 spiro atoms. The van der Waals surface area contributed by atoms with E-state index in [0.717, 1.165) is 29.6 Å². The number of hydrogen-bond acceptors (Lipinski definition) is 7. The Kier molecular flexibility index (Phi) is 9.79. The highest BCUT2D eigenvalue weighted by Gasteiger charge is 2.41. The minimum Gasteiger partial charge on any atom is -0.444 e. The van der Waals surface area contributed by atoms with Crippen LogP contribution in [0.15, 0.2) is 18.2 Å². The molecule has 1 fully saturated rings. The van der Waals surface area contributed by atoms with Crippen molar-refractivity contribution < 1.29 is 31.8 Å². The van der Waals surface area contributed by atoms with Crippen molar-refractivity contribution in [3.63, 3.8) is 0 Å². The first-order chi connectivity index (χ1) is 20.3. The molecule has 5 rings (SSSR count). The summed E-state index contributed by atoms with van der Waals surface area (Å²) in [5.41, 5.74) is 0.832. The van der Waals surface area contributed by atoms with Crippen LogP contribution in [0.2, 0.25) is 0 Å². The number of aromatic nitrogens is 5. The van der Waals surface area contributed by atoms with Crippen molar-refractivity contribution in [2.45, 2.75) is 105 Å². The second kappa shape index (κ2) is 13.0. The van der Waals surface area contributed by atoms with Gasteiger partial charge >= 0.3 is 12.6 Å². The lowest BCUT2D eigenvalue weighted by Gasteiger charge is -2.40. The highest BCUT2D eigenvalue weighted by molar-refractivity contribution is 5.68. The zero-order valence-electron chi connectivity index (χ0n) is 25.5. The monoisotopic (exact) mass is 609 g/mol. The normalized spacial score (nSPS) is 20.5. The van der Waals surface area contributed by atoms with E-state index in [1.807, 2.05) is 25.3 Å². The van der Waals surface area contributed by atoms with Crippen LogP contribution in [0.25, 0.3) is 11.6 Å². The Morgan fingerprint density at radius 1 is 1.16 bits per heavy atom. The number of ether oxygens (including phenoxy) is 2. The third-order valence-corrected chi connectivity index (χ3v) is 7.14. The van der Waals surface area contributed by atoms with Crippen LogP contribution in [0.5, 0.6) is 0 Å². The predicted octanol–water partition coefficient (Wildman–Crippen LogP) is 5.91. The number of carbonyl (C=O) groups excluding carboxylic acids is 1. The van der Waals surface area contributed by atoms with Crippen molar-refractivity contribution >= 4 is 6.09 Å². The van der Waals surface area contributed by atoms with Gasteiger partial charge in [-0.3, -0.25) is 4.90 Å². The molecule has 0 saturated carbocycles. The first-order valence-electron chi connectivity index (χ1n) is 14.4. The van der Waals surface area contributed by atoms with E-state index in [-0.39, 0.29) is 29.9 Å². The van der Waals surface area contributed by atoms with Crippen LogP contribution in [-0.4, -0.2) is 59.6 Å². The summed E-state index contributed by atoms with van der Waals surface area (Å²) >= 11 is 0. The molecule has 236 valence electrons. The molecule has 0 radical (unpaired) electrons. The number of aryl methyl sites for hydroxylation is 1. The van der Waals surface area contributed by atoms with Crippen LogP contribution < -0.4 is 5.32 Å². The first kappa shape index (κ1) is 32.4. The SMILES string of the molecule is CC.CCn1c(-c2nc(C)nn2C(F)F)nc2c1CN(C1CO[C@H](c3cc(F)ccc3F)C(NC(=O)OC(C)(C)C)C1)C2. The molecule has 1 aromatic carbocycles. The summed E-state index contributed by atoms with van der Waals surface area (Å²) in [4.78, 5) is 23.7. The highest BCUT2D eigenvalue weighted by Crippen LogP contribution is 2.36. The third-order valence-electron chi connectivity index (χ3n) is 7.14. The third kappa shape index (κ3) is 7.01. The van der Waals surface area contributed by atoms with Crippen molar-refractivity contribution in [3.8, 4) is 11.6 Å². The molecule has 2 aromatic heterocycles. The van der Waals surface area contributed by atoms with Gasteiger partial charge in [-0.15, -0.1) is 0 Å². The molecule has 0 aliphatic carbocycles. The molecular formula is C29H39F4N7O3. The Hall–Kier alpha value is -3.52. The smallest absolute Gasteiger partial charge is 0.407 e. The van der Waals surface area contributed by atoms with Crippen LogP contribution in [0.4, 0.5) is 22.4 Å². The Morgan fingerprint density at radius 2 is 1.88 bits per heavy atom. The van der Waals surface area contributed by atoms with Crippen molar-refractivity contribution in [2.75, 3.05) is 6.61 Å². The van der Waals surface area contributed by atoms with Gasteiger partial charge in [-0.05, 0) is 59.2 Å². The van der Waals surface area contributed by atoms with Crippen molar-refractivity contribution in [1.82, 2.24) is 34.5 Å². The molecule has 2 aliphatic heterocycles. The number of rotatable bonds is 6. The maximum atomic E-state index is 14.7. The fourth-order valence-corrected chi connectivity index (χ4v) is 5.47. The minimum atomic E-state index is -2.86. The molecule has 1 amide bonds. The number of nitrogens with one attached hydrogen (secondary N) is 1. The van der Waals surface area contributed by atoms with Crippen LogP contribution >= 0.6 is 0 Å². The minimum absolute atomic E-state index is 0.00267. The lowest BCUT2D eigenvalue weighted by molar-refractivity contribution is -0.0630. The maximum Gasteiger partial charge on any atom is 0.407 e. The van der Waals surface area contributed by atoms with Gasteiger partial charge < -0.3 is 19.4 Å². The summed E-state index contributed by atoms with van der Waals surface area (Å²) in [5, 5.41) is 6.61. The molecule has 0 bridgehead atoms. The van der Waals surface area contributed by atoms with Gasteiger partial charge in [-0.2, -0.15) is 18.6 Å². The summed E-state index contributed by atoms with van der Waals surface area (Å²) in [6.07, 6.45) is -1.26. The molecule has 4 heterocycles. The Labute approximate surface area is 248 Å². The molecule has 14 heteroatoms. The Morgan fingerprint density at radius 3 is 2.53 bits per heavy atom. The van der Waals surface area contributed by atoms with Gasteiger partial charge in [0.15, 0.2) is 11.6 Å². The van der Waals surface area contributed by atoms with E-state index in [1.165, 1.54) is 0 Å². The number of alkyl halides is 2. The van der Waals surface area contributed by atoms with Crippen LogP contribution in [0.1, 0.15) is 83.4 Å². The summed E-state index contributed by atoms with van der Waals surface area (Å²) < 4.78 is 69.9. The fraction of sp³-hybridized carbons (Fsp3) is 0.586. The lowest BCUT2D eigenvalue weighted by Crippen LogP contribution is -2.52. The molecule has 1 N–H and O–H groups in total. The average molecular weight is 610 g/mol. The molecule has 1 saturated heterocycles. The Bertz CT molecular complexity index is 1440. The molecule has 2 unspecified atom stereocenters. The molecule has 3 aromatic rings. The number of hydrogen-bond donors (Lipinski definition) is 1. The van der Waals surface area contributed by atoms with Gasteiger partial charge in [-0.25, -0.2) is 23.5 Å². The van der Waals surface area contributed by atoms with E-state index in [0.29, 0.717) is 36.6 Å². The summed E-state index contributed by atoms with van der Waals surface area (Å²) in [6.45, 7) is 11.3. The van der Waals surface area contributed by atoms with Crippen LogP contribution in [-0.2, 0) is 29.1 Å². The van der Waals surface area contributed by atoms with Crippen molar-refractivity contribution in [1.29, 1.82) is 0 Å². The van der Waals surface area contributed by atoms with Gasteiger partial charge in [0, 0.05) is 31.2 Å². The van der Waals surface area contributed by atoms with E-state index < -0.39 is 42.0 Å². The van der Waals surface area contributed by atoms with Gasteiger partial charge in [0.25, 0.3) is 0 Å². The van der Waals surface area contributed by atoms with Crippen molar-refractivity contribution in [2.24, 2.45) is 0 Å². The summed E-state index contributed by atoms with van der Waals surface area (Å²) in [5.74, 6) is -0.707. The second-order valence-electron chi connectivity index (χ2n) is 11.2. The summed E-state index contributed by atoms with van der Waals surface area (Å²) in [6, 6.07) is 2.20. The quantitative estimate of drug-likeness (QED) is 0.347. The van der Waals surface area contributed by atoms with E-state index >= 15 is 0 Å². The Balaban J connectivity index is 0.00000207. The number of nitrogens with zero attached hydrogens (tertiary/aromatic N) is 6. The topological polar surface area (TPSA) is 99.3 Å². The van der Waals surface area contributed by atoms with Gasteiger partial charge in [-0.1, -0.05) is 13.8 Å². The zero-order chi connectivity index (χ0) is 31.6. The lowest BCUT2D eigenvalue weighted by atomic mass is 9.92. The summed E-state index contributed by atoms with van der Waals surface area (Å²) in [7, 11) is 0. The van der Waals surface area contributed by atoms with E-state index in [2.05, 4.69) is 25.3 Å². The fourth-order valence-electron chi connectivity index (χ4n) is 5.47. The van der Waals surface area contributed by atoms with Crippen molar-refractivity contribution in [3.05, 3.63) is 52.6 Å². The second-order valence-corrected chi connectivity index (χ2v) is 11.2. The largest absolute Gasteiger partial charge is 0.444 e. The number of imidazole rings is 1. The van der Waals surface area contributed by atoms with Crippen LogP contribution in [0.3, 0.4) is 0 Å². The molecule has 3 atom stereocenters. The number of alkyl carbamates (subject to hydrolysis) is 1. The highest BCUT2D eigenvalue weighted by atomic mass is 19.3. The molecule has 10 nitrogen and oxygen atoms in total. The predicted molar refractivity (Wildman–Crippen MR) is 150 cm³/mol. The van der Waals surface area contributed by atoms with Gasteiger partial charge in [0.1, 0.15) is 29.2 Å². The zero-order valence-corrected chi connectivity index (χ0v) is 25.5. The first-order valence-corrected chi connectivity index (χ1v) is 14.4. The number of benzene rings is 1. The molecule has 2 aliphatic rings. The van der Waals surface area contributed by atoms with Gasteiger partial charge in [0.2, 0.25) is 0 Å². The van der Waals surface area contributed by atoms with E-state index in [4.69, 9.17) is 9.47 Å². The number of fused-ring (bicyclic) bond motifs is 1. The maximum absolute atomic E-state index is 14.7. The van der Waals surface area contributed by atoms with E-state index in [9.17, 15) is 22.4 Å². The van der Waals surface area contributed by atoms with Crippen LogP contribution in [0, 0.1) is 18.6 Å². The molecule has 43 heavy (non-hydrogen) atoms. The molecular weight excluding hydrogens is 570 g/mol. The number of amides is 1. The van der Waals surface area contributed by atoms with Gasteiger partial charge in [0.05, 0.1) is 24.0 Å². The standard InChI is InChI=1S/C27H33F4N7O3.C2H6/c1-6-37-21-12-36(11-20(21)33-23(37)24-32-14(2)35-38(24)25(30)31)16-10-19(34-26(39)41-27(3,4)5)22(40-13-16)17-9-15(28)7-8-18(17)29;1-2/h7-9,16,19,22,25H,6,10-13H2,1-5H3,(H,34,39);1-2H3/t16?,19?,22-;/m1./s1. The average Bonchev–Trinajstić information content (AvgIpc) is 3.62.